The highest BCUT2D eigenvalue weighted by molar-refractivity contribution is 5.79. The monoisotopic (exact) mass is 332 g/mol. The molecule has 130 valence electrons. The van der Waals surface area contributed by atoms with Gasteiger partial charge in [0.2, 0.25) is 5.91 Å². The molecule has 0 spiro atoms. The smallest absolute Gasteiger partial charge is 0.271 e. The lowest BCUT2D eigenvalue weighted by atomic mass is 9.85. The van der Waals surface area contributed by atoms with Gasteiger partial charge in [-0.2, -0.15) is 0 Å². The molecule has 2 fully saturated rings. The Kier molecular flexibility index (Phi) is 4.99. The summed E-state index contributed by atoms with van der Waals surface area (Å²) in [5.41, 5.74) is 6.94. The number of amides is 1. The Balaban J connectivity index is 1.58. The standard InChI is InChI=1S/C17H24N4O3/c18-14-4-1-3-13(11-14)17(22)20-9-7-19(8-10-20)15-5-2-6-16(12-15)21(23)24/h2,5-6,12-14H,1,3-4,7-11,18H2. The first-order valence-electron chi connectivity index (χ1n) is 8.58. The maximum Gasteiger partial charge on any atom is 0.271 e. The van der Waals surface area contributed by atoms with Gasteiger partial charge < -0.3 is 15.5 Å². The normalized spacial score (nSPS) is 24.7. The van der Waals surface area contributed by atoms with Crippen molar-refractivity contribution in [2.24, 2.45) is 11.7 Å². The number of carbonyl (C=O) groups is 1. The number of non-ortho nitro benzene ring substituents is 1. The second-order valence-corrected chi connectivity index (χ2v) is 6.71. The molecule has 1 amide bonds. The van der Waals surface area contributed by atoms with E-state index in [-0.39, 0.29) is 28.5 Å². The summed E-state index contributed by atoms with van der Waals surface area (Å²) in [4.78, 5) is 27.2. The molecule has 1 heterocycles. The number of rotatable bonds is 3. The van der Waals surface area contributed by atoms with Crippen molar-refractivity contribution in [3.8, 4) is 0 Å². The summed E-state index contributed by atoms with van der Waals surface area (Å²) in [7, 11) is 0. The zero-order chi connectivity index (χ0) is 17.1. The van der Waals surface area contributed by atoms with Crippen LogP contribution in [0.5, 0.6) is 0 Å². The second kappa shape index (κ2) is 7.17. The van der Waals surface area contributed by atoms with Crippen molar-refractivity contribution < 1.29 is 9.72 Å². The van der Waals surface area contributed by atoms with Gasteiger partial charge in [0.05, 0.1) is 4.92 Å². The summed E-state index contributed by atoms with van der Waals surface area (Å²) in [6.45, 7) is 2.72. The fourth-order valence-corrected chi connectivity index (χ4v) is 3.70. The Hall–Kier alpha value is -2.15. The first kappa shape index (κ1) is 16.7. The molecule has 0 bridgehead atoms. The average Bonchev–Trinajstić information content (AvgIpc) is 2.61. The van der Waals surface area contributed by atoms with E-state index >= 15 is 0 Å². The van der Waals surface area contributed by atoms with Crippen molar-refractivity contribution >= 4 is 17.3 Å². The number of carbonyl (C=O) groups excluding carboxylic acids is 1. The van der Waals surface area contributed by atoms with Crippen LogP contribution in [0.25, 0.3) is 0 Å². The fraction of sp³-hybridized carbons (Fsp3) is 0.588. The van der Waals surface area contributed by atoms with Crippen LogP contribution < -0.4 is 10.6 Å². The van der Waals surface area contributed by atoms with Crippen LogP contribution in [0.15, 0.2) is 24.3 Å². The summed E-state index contributed by atoms with van der Waals surface area (Å²) in [5, 5.41) is 10.9. The Morgan fingerprint density at radius 1 is 1.21 bits per heavy atom. The van der Waals surface area contributed by atoms with Gasteiger partial charge in [0.15, 0.2) is 0 Å². The molecule has 2 N–H and O–H groups in total. The van der Waals surface area contributed by atoms with Crippen molar-refractivity contribution in [2.45, 2.75) is 31.7 Å². The maximum absolute atomic E-state index is 12.6. The third-order valence-corrected chi connectivity index (χ3v) is 5.06. The predicted octanol–water partition coefficient (Wildman–Crippen LogP) is 1.76. The van der Waals surface area contributed by atoms with Crippen LogP contribution in [-0.4, -0.2) is 48.0 Å². The predicted molar refractivity (Wildman–Crippen MR) is 91.8 cm³/mol. The van der Waals surface area contributed by atoms with Gasteiger partial charge in [0, 0.05) is 56.0 Å². The number of anilines is 1. The molecule has 1 aromatic rings. The number of nitro groups is 1. The van der Waals surface area contributed by atoms with Gasteiger partial charge in [0.1, 0.15) is 0 Å². The van der Waals surface area contributed by atoms with Gasteiger partial charge in [-0.1, -0.05) is 12.5 Å². The average molecular weight is 332 g/mol. The topological polar surface area (TPSA) is 92.7 Å². The Morgan fingerprint density at radius 3 is 2.62 bits per heavy atom. The van der Waals surface area contributed by atoms with Gasteiger partial charge in [-0.15, -0.1) is 0 Å². The van der Waals surface area contributed by atoms with Crippen LogP contribution in [0.3, 0.4) is 0 Å². The molecule has 1 aromatic carbocycles. The van der Waals surface area contributed by atoms with E-state index in [4.69, 9.17) is 5.73 Å². The lowest BCUT2D eigenvalue weighted by molar-refractivity contribution is -0.384. The molecule has 2 atom stereocenters. The number of piperazine rings is 1. The van der Waals surface area contributed by atoms with Crippen molar-refractivity contribution in [1.29, 1.82) is 0 Å². The van der Waals surface area contributed by atoms with Crippen LogP contribution in [0, 0.1) is 16.0 Å². The van der Waals surface area contributed by atoms with Crippen LogP contribution in [0.4, 0.5) is 11.4 Å². The van der Waals surface area contributed by atoms with E-state index in [1.165, 1.54) is 6.07 Å². The number of nitrogens with zero attached hydrogens (tertiary/aromatic N) is 3. The highest BCUT2D eigenvalue weighted by atomic mass is 16.6. The van der Waals surface area contributed by atoms with Gasteiger partial charge in [-0.05, 0) is 25.3 Å². The van der Waals surface area contributed by atoms with Crippen molar-refractivity contribution in [2.75, 3.05) is 31.1 Å². The zero-order valence-corrected chi connectivity index (χ0v) is 13.8. The van der Waals surface area contributed by atoms with Gasteiger partial charge in [0.25, 0.3) is 5.69 Å². The first-order chi connectivity index (χ1) is 11.5. The third kappa shape index (κ3) is 3.67. The lowest BCUT2D eigenvalue weighted by Crippen LogP contribution is -2.51. The van der Waals surface area contributed by atoms with E-state index in [0.717, 1.165) is 31.4 Å². The van der Waals surface area contributed by atoms with E-state index in [2.05, 4.69) is 4.90 Å². The Morgan fingerprint density at radius 2 is 1.96 bits per heavy atom. The number of hydrogen-bond acceptors (Lipinski definition) is 5. The molecule has 1 saturated heterocycles. The second-order valence-electron chi connectivity index (χ2n) is 6.71. The summed E-state index contributed by atoms with van der Waals surface area (Å²) in [5.74, 6) is 0.293. The van der Waals surface area contributed by atoms with Crippen molar-refractivity contribution in [1.82, 2.24) is 4.90 Å². The molecule has 2 unspecified atom stereocenters. The molecule has 1 saturated carbocycles. The van der Waals surface area contributed by atoms with Gasteiger partial charge in [-0.3, -0.25) is 14.9 Å². The van der Waals surface area contributed by atoms with E-state index in [1.54, 1.807) is 12.1 Å². The highest BCUT2D eigenvalue weighted by Crippen LogP contribution is 2.26. The van der Waals surface area contributed by atoms with E-state index < -0.39 is 0 Å². The molecule has 3 rings (SSSR count). The highest BCUT2D eigenvalue weighted by Gasteiger charge is 2.30. The molecule has 24 heavy (non-hydrogen) atoms. The molecule has 0 aromatic heterocycles. The van der Waals surface area contributed by atoms with Crippen LogP contribution in [0.1, 0.15) is 25.7 Å². The van der Waals surface area contributed by atoms with E-state index in [9.17, 15) is 14.9 Å². The third-order valence-electron chi connectivity index (χ3n) is 5.06. The quantitative estimate of drug-likeness (QED) is 0.672. The summed E-state index contributed by atoms with van der Waals surface area (Å²) in [6.07, 6.45) is 3.79. The van der Waals surface area contributed by atoms with E-state index in [0.29, 0.717) is 26.2 Å². The maximum atomic E-state index is 12.6. The Labute approximate surface area is 141 Å². The van der Waals surface area contributed by atoms with Crippen LogP contribution >= 0.6 is 0 Å². The number of hydrogen-bond donors (Lipinski definition) is 1. The Bertz CT molecular complexity index is 614. The summed E-state index contributed by atoms with van der Waals surface area (Å²) >= 11 is 0. The van der Waals surface area contributed by atoms with Crippen molar-refractivity contribution in [3.63, 3.8) is 0 Å². The fourth-order valence-electron chi connectivity index (χ4n) is 3.70. The SMILES string of the molecule is NC1CCCC(C(=O)N2CCN(c3cccc([N+](=O)[O-])c3)CC2)C1. The number of benzene rings is 1. The molecule has 7 heteroatoms. The first-order valence-corrected chi connectivity index (χ1v) is 8.58. The molecule has 1 aliphatic heterocycles. The largest absolute Gasteiger partial charge is 0.368 e. The van der Waals surface area contributed by atoms with Crippen LogP contribution in [-0.2, 0) is 4.79 Å². The molecule has 7 nitrogen and oxygen atoms in total. The minimum absolute atomic E-state index is 0.0677. The van der Waals surface area contributed by atoms with Gasteiger partial charge >= 0.3 is 0 Å². The van der Waals surface area contributed by atoms with Crippen LogP contribution in [0.2, 0.25) is 0 Å². The molecule has 1 aliphatic carbocycles. The summed E-state index contributed by atoms with van der Waals surface area (Å²) < 4.78 is 0. The minimum atomic E-state index is -0.379. The molecule has 0 radical (unpaired) electrons. The molecular weight excluding hydrogens is 308 g/mol. The van der Waals surface area contributed by atoms with Gasteiger partial charge in [-0.25, -0.2) is 0 Å². The minimum Gasteiger partial charge on any atom is -0.368 e. The number of nitro benzene ring substituents is 1. The van der Waals surface area contributed by atoms with E-state index in [1.807, 2.05) is 11.0 Å². The lowest BCUT2D eigenvalue weighted by Gasteiger charge is -2.38. The molecule has 2 aliphatic rings. The zero-order valence-electron chi connectivity index (χ0n) is 13.8. The molecular formula is C17H24N4O3. The summed E-state index contributed by atoms with van der Waals surface area (Å²) in [6, 6.07) is 6.82. The number of nitrogens with two attached hydrogens (primary N) is 1. The van der Waals surface area contributed by atoms with Crippen molar-refractivity contribution in [3.05, 3.63) is 34.4 Å².